The summed E-state index contributed by atoms with van der Waals surface area (Å²) in [5.74, 6) is 6.46. The normalized spacial score (nSPS) is 32.7. The van der Waals surface area contributed by atoms with Crippen LogP contribution in [0.2, 0.25) is 0 Å². The third-order valence-electron chi connectivity index (χ3n) is 14.4. The molecule has 5 N–H and O–H groups in total. The maximum Gasteiger partial charge on any atom is 0.328 e. The first kappa shape index (κ1) is 36.6. The molecule has 0 bridgehead atoms. The smallest absolute Gasteiger partial charge is 0.328 e. The highest BCUT2D eigenvalue weighted by molar-refractivity contribution is 5.85. The number of carboxylic acids is 1. The quantitative estimate of drug-likeness (QED) is 0.110. The van der Waals surface area contributed by atoms with Gasteiger partial charge in [0.15, 0.2) is 0 Å². The number of nitrogen functional groups attached to an aromatic ring is 2. The van der Waals surface area contributed by atoms with Crippen LogP contribution in [-0.4, -0.2) is 24.3 Å². The van der Waals surface area contributed by atoms with E-state index in [1.807, 2.05) is 6.07 Å². The molecular weight excluding hydrogens is 620 g/mol. The molecule has 0 amide bonds. The Labute approximate surface area is 301 Å². The van der Waals surface area contributed by atoms with Gasteiger partial charge in [0.25, 0.3) is 0 Å². The van der Waals surface area contributed by atoms with Gasteiger partial charge < -0.3 is 26.0 Å². The average molecular weight is 685 g/mol. The van der Waals surface area contributed by atoms with Gasteiger partial charge in [-0.2, -0.15) is 0 Å². The van der Waals surface area contributed by atoms with Crippen molar-refractivity contribution >= 4 is 23.4 Å². The molecule has 6 rings (SSSR count). The van der Waals surface area contributed by atoms with E-state index in [-0.39, 0.29) is 5.41 Å². The molecule has 2 aromatic rings. The number of ether oxygens (including phenoxy) is 2. The largest absolute Gasteiger partial charge is 0.490 e. The predicted octanol–water partition coefficient (Wildman–Crippen LogP) is 10.6. The summed E-state index contributed by atoms with van der Waals surface area (Å²) in [7, 11) is 0. The molecule has 2 unspecified atom stereocenters. The molecule has 0 heterocycles. The second-order valence-electron chi connectivity index (χ2n) is 17.5. The highest BCUT2D eigenvalue weighted by atomic mass is 16.5. The van der Waals surface area contributed by atoms with Gasteiger partial charge in [-0.25, -0.2) is 4.79 Å². The molecular formula is C44H64N2O4. The Morgan fingerprint density at radius 3 is 2.40 bits per heavy atom. The Morgan fingerprint density at radius 2 is 1.66 bits per heavy atom. The zero-order valence-corrected chi connectivity index (χ0v) is 31.5. The zero-order valence-electron chi connectivity index (χ0n) is 31.5. The van der Waals surface area contributed by atoms with E-state index in [1.54, 1.807) is 24.3 Å². The molecule has 4 saturated carbocycles. The summed E-state index contributed by atoms with van der Waals surface area (Å²) in [6.07, 6.45) is 19.0. The lowest BCUT2D eigenvalue weighted by Crippen LogP contribution is -2.55. The lowest BCUT2D eigenvalue weighted by Gasteiger charge is -2.63. The van der Waals surface area contributed by atoms with Gasteiger partial charge >= 0.3 is 5.97 Å². The first-order valence-electron chi connectivity index (χ1n) is 19.9. The second kappa shape index (κ2) is 15.2. The van der Waals surface area contributed by atoms with Crippen molar-refractivity contribution in [3.8, 4) is 11.5 Å². The van der Waals surface area contributed by atoms with Crippen molar-refractivity contribution in [2.24, 2.45) is 52.3 Å². The number of fused-ring (bicyclic) bond motifs is 5. The number of benzene rings is 2. The third-order valence-corrected chi connectivity index (χ3v) is 14.4. The van der Waals surface area contributed by atoms with Crippen molar-refractivity contribution in [3.05, 3.63) is 53.6 Å². The number of hydrogen-bond acceptors (Lipinski definition) is 5. The molecule has 0 saturated heterocycles. The van der Waals surface area contributed by atoms with Crippen molar-refractivity contribution in [1.82, 2.24) is 0 Å². The highest BCUT2D eigenvalue weighted by Gasteiger charge is 2.62. The molecule has 6 heteroatoms. The summed E-state index contributed by atoms with van der Waals surface area (Å²) in [5, 5.41) is 9.42. The van der Waals surface area contributed by atoms with Crippen LogP contribution in [-0.2, 0) is 4.79 Å². The number of carboxylic acid groups (broad SMARTS) is 1. The Balaban J connectivity index is 1.25. The summed E-state index contributed by atoms with van der Waals surface area (Å²) in [6.45, 7) is 13.4. The zero-order chi connectivity index (χ0) is 35.6. The van der Waals surface area contributed by atoms with Gasteiger partial charge in [-0.15, -0.1) is 0 Å². The van der Waals surface area contributed by atoms with Gasteiger partial charge in [0.1, 0.15) is 24.7 Å². The Hall–Kier alpha value is -3.15. The monoisotopic (exact) mass is 684 g/mol. The molecule has 9 atom stereocenters. The second-order valence-corrected chi connectivity index (χ2v) is 17.5. The van der Waals surface area contributed by atoms with Crippen LogP contribution in [0.5, 0.6) is 11.5 Å². The van der Waals surface area contributed by atoms with Crippen molar-refractivity contribution in [3.63, 3.8) is 0 Å². The standard InChI is InChI=1S/C44H64N2O4/c1-28(2)8-6-9-29(3)35-17-18-36-33-16-14-31-10-7-11-37(44(31,5)38(33)22-23-43(35,36)4)34-26-30(13-21-42(47)48)12-19-40(34)49-24-25-50-41-20-15-32(45)27-39(41)46/h12-13,15,19-21,26-29,31,33,35-38H,6-11,14,16-18,22-25,45-46H2,1-5H3,(H,47,48)/b21-13+/t29-,31?,33+,35-,36+,37?,38+,43-,44-/m1/s1. The molecule has 274 valence electrons. The van der Waals surface area contributed by atoms with Crippen LogP contribution >= 0.6 is 0 Å². The fourth-order valence-corrected chi connectivity index (χ4v) is 12.1. The van der Waals surface area contributed by atoms with Crippen LogP contribution in [0.4, 0.5) is 11.4 Å². The summed E-state index contributed by atoms with van der Waals surface area (Å²) < 4.78 is 12.5. The first-order valence-corrected chi connectivity index (χ1v) is 19.9. The lowest BCUT2D eigenvalue weighted by molar-refractivity contribution is -0.131. The van der Waals surface area contributed by atoms with Crippen molar-refractivity contribution in [2.75, 3.05) is 24.7 Å². The molecule has 2 aromatic carbocycles. The fraction of sp³-hybridized carbons (Fsp3) is 0.659. The summed E-state index contributed by atoms with van der Waals surface area (Å²) in [4.78, 5) is 11.5. The van der Waals surface area contributed by atoms with E-state index in [0.717, 1.165) is 47.3 Å². The van der Waals surface area contributed by atoms with E-state index < -0.39 is 5.97 Å². The van der Waals surface area contributed by atoms with Crippen LogP contribution in [0.15, 0.2) is 42.5 Å². The number of carbonyl (C=O) groups is 1. The molecule has 0 spiro atoms. The summed E-state index contributed by atoms with van der Waals surface area (Å²) in [6, 6.07) is 11.6. The molecule has 4 fully saturated rings. The van der Waals surface area contributed by atoms with Gasteiger partial charge in [0.2, 0.25) is 0 Å². The van der Waals surface area contributed by atoms with E-state index >= 15 is 0 Å². The fourth-order valence-electron chi connectivity index (χ4n) is 12.1. The van der Waals surface area contributed by atoms with Crippen molar-refractivity contribution in [1.29, 1.82) is 0 Å². The lowest BCUT2D eigenvalue weighted by atomic mass is 9.42. The van der Waals surface area contributed by atoms with E-state index in [0.29, 0.717) is 53.5 Å². The Morgan fingerprint density at radius 1 is 0.900 bits per heavy atom. The molecule has 4 aliphatic carbocycles. The molecule has 50 heavy (non-hydrogen) atoms. The average Bonchev–Trinajstić information content (AvgIpc) is 3.43. The van der Waals surface area contributed by atoms with Gasteiger partial charge in [0, 0.05) is 11.8 Å². The van der Waals surface area contributed by atoms with E-state index in [1.165, 1.54) is 82.3 Å². The molecule has 6 nitrogen and oxygen atoms in total. The molecule has 0 radical (unpaired) electrons. The minimum absolute atomic E-state index is 0.186. The maximum atomic E-state index is 11.5. The van der Waals surface area contributed by atoms with E-state index in [2.05, 4.69) is 46.8 Å². The van der Waals surface area contributed by atoms with Gasteiger partial charge in [0.05, 0.1) is 5.69 Å². The predicted molar refractivity (Wildman–Crippen MR) is 205 cm³/mol. The van der Waals surface area contributed by atoms with Crippen LogP contribution in [0.25, 0.3) is 6.08 Å². The third kappa shape index (κ3) is 7.28. The molecule has 4 aliphatic rings. The number of hydrogen-bond donors (Lipinski definition) is 3. The molecule has 0 aliphatic heterocycles. The highest BCUT2D eigenvalue weighted by Crippen LogP contribution is 2.71. The SMILES string of the molecule is CC(C)CCC[C@@H](C)[C@H]1CC[C@H]2[C@@H]3CCC4CCCC(c5cc(/C=C/C(=O)O)ccc5OCCOc5ccc(N)cc5N)[C@]4(C)[C@H]3CC[C@]12C. The van der Waals surface area contributed by atoms with Crippen molar-refractivity contribution < 1.29 is 19.4 Å². The van der Waals surface area contributed by atoms with Crippen LogP contribution in [0, 0.1) is 52.3 Å². The Kier molecular flexibility index (Phi) is 11.1. The molecule has 0 aromatic heterocycles. The Bertz CT molecular complexity index is 1520. The van der Waals surface area contributed by atoms with Gasteiger partial charge in [-0.3, -0.25) is 0 Å². The number of nitrogens with two attached hydrogens (primary N) is 2. The number of aliphatic carboxylic acids is 1. The first-order chi connectivity index (χ1) is 23.9. The maximum absolute atomic E-state index is 11.5. The topological polar surface area (TPSA) is 108 Å². The number of anilines is 2. The van der Waals surface area contributed by atoms with E-state index in [9.17, 15) is 9.90 Å². The summed E-state index contributed by atoms with van der Waals surface area (Å²) in [5.41, 5.74) is 15.9. The van der Waals surface area contributed by atoms with Crippen molar-refractivity contribution in [2.45, 2.75) is 118 Å². The van der Waals surface area contributed by atoms with E-state index in [4.69, 9.17) is 20.9 Å². The minimum Gasteiger partial charge on any atom is -0.490 e. The van der Waals surface area contributed by atoms with Crippen LogP contribution in [0.3, 0.4) is 0 Å². The van der Waals surface area contributed by atoms with Crippen LogP contribution < -0.4 is 20.9 Å². The van der Waals surface area contributed by atoms with Crippen LogP contribution in [0.1, 0.15) is 129 Å². The summed E-state index contributed by atoms with van der Waals surface area (Å²) >= 11 is 0. The minimum atomic E-state index is -0.930. The van der Waals surface area contributed by atoms with Gasteiger partial charge in [-0.1, -0.05) is 66.4 Å². The number of rotatable bonds is 13. The van der Waals surface area contributed by atoms with Gasteiger partial charge in [-0.05, 0) is 157 Å².